The van der Waals surface area contributed by atoms with Crippen LogP contribution < -0.4 is 0 Å². The van der Waals surface area contributed by atoms with Gasteiger partial charge in [-0.1, -0.05) is 0 Å². The van der Waals surface area contributed by atoms with Crippen LogP contribution in [0.4, 0.5) is 0 Å². The summed E-state index contributed by atoms with van der Waals surface area (Å²) in [7, 11) is 1.93. The molecule has 0 unspecified atom stereocenters. The molecule has 0 aliphatic carbocycles. The average Bonchev–Trinajstić information content (AvgIpc) is 3.31. The molecule has 7 nitrogen and oxygen atoms in total. The van der Waals surface area contributed by atoms with Crippen LogP contribution in [0.25, 0.3) is 11.0 Å². The first-order valence-electron chi connectivity index (χ1n) is 8.71. The number of carbonyl (C=O) groups excluding carboxylic acids is 2. The number of benzene rings is 1. The molecule has 134 valence electrons. The van der Waals surface area contributed by atoms with E-state index in [1.807, 2.05) is 58.1 Å². The van der Waals surface area contributed by atoms with Crippen LogP contribution in [0, 0.1) is 0 Å². The second-order valence-electron chi connectivity index (χ2n) is 6.63. The number of fused-ring (bicyclic) bond motifs is 1. The zero-order valence-electron chi connectivity index (χ0n) is 14.7. The number of nitrogens with zero attached hydrogens (tertiary/aromatic N) is 4. The van der Waals surface area contributed by atoms with Crippen LogP contribution >= 0.6 is 0 Å². The van der Waals surface area contributed by atoms with Gasteiger partial charge in [0.2, 0.25) is 5.91 Å². The van der Waals surface area contributed by atoms with Crippen molar-refractivity contribution in [1.29, 1.82) is 0 Å². The largest absolute Gasteiger partial charge is 0.367 e. The fourth-order valence-corrected chi connectivity index (χ4v) is 3.37. The van der Waals surface area contributed by atoms with Gasteiger partial charge >= 0.3 is 0 Å². The maximum atomic E-state index is 12.8. The summed E-state index contributed by atoms with van der Waals surface area (Å²) < 4.78 is 1.93. The Balaban J connectivity index is 1.38. The predicted molar refractivity (Wildman–Crippen MR) is 97.7 cm³/mol. The fourth-order valence-electron chi connectivity index (χ4n) is 3.37. The molecule has 4 rings (SSSR count). The van der Waals surface area contributed by atoms with E-state index >= 15 is 0 Å². The highest BCUT2D eigenvalue weighted by atomic mass is 16.2. The Kier molecular flexibility index (Phi) is 4.20. The van der Waals surface area contributed by atoms with Crippen LogP contribution in [-0.2, 0) is 18.3 Å². The second-order valence-corrected chi connectivity index (χ2v) is 6.63. The lowest BCUT2D eigenvalue weighted by atomic mass is 10.1. The number of piperazine rings is 1. The highest BCUT2D eigenvalue weighted by molar-refractivity contribution is 5.97. The van der Waals surface area contributed by atoms with Gasteiger partial charge in [0.25, 0.3) is 5.91 Å². The number of rotatable bonds is 3. The number of aromatic amines is 1. The van der Waals surface area contributed by atoms with Crippen molar-refractivity contribution in [1.82, 2.24) is 24.3 Å². The third-order valence-electron chi connectivity index (χ3n) is 4.91. The molecule has 0 bridgehead atoms. The number of aromatic nitrogens is 3. The van der Waals surface area contributed by atoms with E-state index in [4.69, 9.17) is 0 Å². The first kappa shape index (κ1) is 16.4. The molecule has 3 heterocycles. The molecule has 26 heavy (non-hydrogen) atoms. The lowest BCUT2D eigenvalue weighted by Crippen LogP contribution is -2.51. The van der Waals surface area contributed by atoms with Crippen molar-refractivity contribution in [3.05, 3.63) is 54.1 Å². The smallest absolute Gasteiger partial charge is 0.254 e. The summed E-state index contributed by atoms with van der Waals surface area (Å²) in [5.74, 6) is 0.0990. The Bertz CT molecular complexity index is 936. The van der Waals surface area contributed by atoms with Crippen LogP contribution in [0.3, 0.4) is 0 Å². The quantitative estimate of drug-likeness (QED) is 0.776. The Morgan fingerprint density at radius 3 is 2.62 bits per heavy atom. The van der Waals surface area contributed by atoms with Gasteiger partial charge in [-0.3, -0.25) is 9.59 Å². The predicted octanol–water partition coefficient (Wildman–Crippen LogP) is 1.43. The van der Waals surface area contributed by atoms with Gasteiger partial charge < -0.3 is 19.4 Å². The van der Waals surface area contributed by atoms with Crippen molar-refractivity contribution in [2.75, 3.05) is 26.2 Å². The molecule has 1 aliphatic heterocycles. The summed E-state index contributed by atoms with van der Waals surface area (Å²) in [4.78, 5) is 36.0. The Morgan fingerprint density at radius 1 is 1.12 bits per heavy atom. The summed E-state index contributed by atoms with van der Waals surface area (Å²) in [5.41, 5.74) is 3.45. The number of imidazole rings is 1. The van der Waals surface area contributed by atoms with Crippen LogP contribution in [0.5, 0.6) is 0 Å². The third kappa shape index (κ3) is 3.08. The monoisotopic (exact) mass is 351 g/mol. The summed E-state index contributed by atoms with van der Waals surface area (Å²) in [6, 6.07) is 7.51. The SMILES string of the molecule is Cn1cnc2cc(C(=O)N3CCN(C(=O)Cc4cc[nH]c4)CC3)ccc21. The Morgan fingerprint density at radius 2 is 1.88 bits per heavy atom. The van der Waals surface area contributed by atoms with Crippen molar-refractivity contribution in [2.24, 2.45) is 7.05 Å². The van der Waals surface area contributed by atoms with Gasteiger partial charge in [-0.05, 0) is 29.8 Å². The molecule has 0 saturated carbocycles. The van der Waals surface area contributed by atoms with E-state index in [0.29, 0.717) is 38.2 Å². The number of hydrogen-bond acceptors (Lipinski definition) is 3. The molecule has 2 amide bonds. The van der Waals surface area contributed by atoms with Crippen LogP contribution in [0.15, 0.2) is 43.0 Å². The van der Waals surface area contributed by atoms with E-state index in [9.17, 15) is 9.59 Å². The Labute approximate surface area is 151 Å². The van der Waals surface area contributed by atoms with Gasteiger partial charge in [-0.15, -0.1) is 0 Å². The molecule has 0 atom stereocenters. The van der Waals surface area contributed by atoms with Gasteiger partial charge in [-0.25, -0.2) is 4.98 Å². The van der Waals surface area contributed by atoms with E-state index in [1.54, 1.807) is 6.33 Å². The molecular formula is C19H21N5O2. The van der Waals surface area contributed by atoms with E-state index in [-0.39, 0.29) is 11.8 Å². The number of amides is 2. The molecule has 1 saturated heterocycles. The molecule has 1 fully saturated rings. The van der Waals surface area contributed by atoms with Crippen molar-refractivity contribution >= 4 is 22.8 Å². The summed E-state index contributed by atoms with van der Waals surface area (Å²) >= 11 is 0. The fraction of sp³-hybridized carbons (Fsp3) is 0.316. The Hall–Kier alpha value is -3.09. The normalized spacial score (nSPS) is 14.8. The molecule has 3 aromatic rings. The summed E-state index contributed by atoms with van der Waals surface area (Å²) in [6.45, 7) is 2.25. The third-order valence-corrected chi connectivity index (χ3v) is 4.91. The van der Waals surface area contributed by atoms with Crippen molar-refractivity contribution in [3.63, 3.8) is 0 Å². The first-order valence-corrected chi connectivity index (χ1v) is 8.71. The zero-order valence-corrected chi connectivity index (χ0v) is 14.7. The van der Waals surface area contributed by atoms with Crippen LogP contribution in [0.2, 0.25) is 0 Å². The lowest BCUT2D eigenvalue weighted by Gasteiger charge is -2.34. The van der Waals surface area contributed by atoms with E-state index in [1.165, 1.54) is 0 Å². The van der Waals surface area contributed by atoms with Crippen molar-refractivity contribution < 1.29 is 9.59 Å². The van der Waals surface area contributed by atoms with Gasteiger partial charge in [0, 0.05) is 51.2 Å². The minimum absolute atomic E-state index is 0.00436. The molecule has 1 N–H and O–H groups in total. The number of carbonyl (C=O) groups is 2. The summed E-state index contributed by atoms with van der Waals surface area (Å²) in [6.07, 6.45) is 5.80. The molecule has 0 spiro atoms. The number of aryl methyl sites for hydroxylation is 1. The molecule has 1 aliphatic rings. The van der Waals surface area contributed by atoms with E-state index in [0.717, 1.165) is 16.6 Å². The van der Waals surface area contributed by atoms with Crippen LogP contribution in [0.1, 0.15) is 15.9 Å². The van der Waals surface area contributed by atoms with E-state index < -0.39 is 0 Å². The zero-order chi connectivity index (χ0) is 18.1. The minimum atomic E-state index is -0.00436. The van der Waals surface area contributed by atoms with Gasteiger partial charge in [0.15, 0.2) is 0 Å². The summed E-state index contributed by atoms with van der Waals surface area (Å²) in [5, 5.41) is 0. The van der Waals surface area contributed by atoms with Gasteiger partial charge in [0.05, 0.1) is 23.8 Å². The first-order chi connectivity index (χ1) is 12.6. The molecule has 7 heteroatoms. The highest BCUT2D eigenvalue weighted by Crippen LogP contribution is 2.16. The minimum Gasteiger partial charge on any atom is -0.367 e. The van der Waals surface area contributed by atoms with Crippen molar-refractivity contribution in [2.45, 2.75) is 6.42 Å². The van der Waals surface area contributed by atoms with Crippen LogP contribution in [-0.4, -0.2) is 62.3 Å². The van der Waals surface area contributed by atoms with Gasteiger partial charge in [0.1, 0.15) is 0 Å². The molecule has 1 aromatic carbocycles. The molecule has 0 radical (unpaired) electrons. The number of nitrogens with one attached hydrogen (secondary N) is 1. The maximum absolute atomic E-state index is 12.8. The number of hydrogen-bond donors (Lipinski definition) is 1. The average molecular weight is 351 g/mol. The number of H-pyrrole nitrogens is 1. The second kappa shape index (κ2) is 6.67. The van der Waals surface area contributed by atoms with Crippen molar-refractivity contribution in [3.8, 4) is 0 Å². The molecular weight excluding hydrogens is 330 g/mol. The highest BCUT2D eigenvalue weighted by Gasteiger charge is 2.25. The standard InChI is InChI=1S/C19H21N5O2/c1-22-13-21-16-11-15(2-3-17(16)22)19(26)24-8-6-23(7-9-24)18(25)10-14-4-5-20-12-14/h2-5,11-13,20H,6-10H2,1H3. The lowest BCUT2D eigenvalue weighted by molar-refractivity contribution is -0.131. The van der Waals surface area contributed by atoms with E-state index in [2.05, 4.69) is 9.97 Å². The maximum Gasteiger partial charge on any atom is 0.254 e. The topological polar surface area (TPSA) is 74.2 Å². The molecule has 2 aromatic heterocycles. The van der Waals surface area contributed by atoms with Gasteiger partial charge in [-0.2, -0.15) is 0 Å².